The van der Waals surface area contributed by atoms with Crippen molar-refractivity contribution in [1.82, 2.24) is 5.32 Å². The van der Waals surface area contributed by atoms with E-state index in [1.54, 1.807) is 13.0 Å². The predicted molar refractivity (Wildman–Crippen MR) is 106 cm³/mol. The lowest BCUT2D eigenvalue weighted by Gasteiger charge is -2.29. The van der Waals surface area contributed by atoms with Gasteiger partial charge in [0.15, 0.2) is 6.61 Å². The number of aryl methyl sites for hydroxylation is 2. The van der Waals surface area contributed by atoms with Crippen LogP contribution >= 0.6 is 0 Å². The van der Waals surface area contributed by atoms with Crippen LogP contribution in [0.4, 0.5) is 0 Å². The Morgan fingerprint density at radius 1 is 1.14 bits per heavy atom. The van der Waals surface area contributed by atoms with Crippen LogP contribution in [0.15, 0.2) is 21.3 Å². The maximum atomic E-state index is 12.2. The molecule has 0 aliphatic heterocycles. The highest BCUT2D eigenvalue weighted by Gasteiger charge is 2.22. The smallest absolute Gasteiger partial charge is 0.339 e. The van der Waals surface area contributed by atoms with Crippen molar-refractivity contribution >= 4 is 22.8 Å². The molecule has 2 aromatic rings. The van der Waals surface area contributed by atoms with Gasteiger partial charge in [-0.15, -0.1) is 0 Å². The van der Waals surface area contributed by atoms with Crippen molar-refractivity contribution in [2.45, 2.75) is 46.5 Å². The Labute approximate surface area is 169 Å². The van der Waals surface area contributed by atoms with Gasteiger partial charge in [0.2, 0.25) is 0 Å². The van der Waals surface area contributed by atoms with Crippen LogP contribution in [0.5, 0.6) is 5.75 Å². The first-order chi connectivity index (χ1) is 13.8. The van der Waals surface area contributed by atoms with Crippen molar-refractivity contribution in [2.75, 3.05) is 13.2 Å². The summed E-state index contributed by atoms with van der Waals surface area (Å²) in [5.41, 5.74) is 2.22. The molecule has 7 heteroatoms. The van der Waals surface area contributed by atoms with E-state index in [0.29, 0.717) is 41.7 Å². The molecule has 3 rings (SSSR count). The van der Waals surface area contributed by atoms with Gasteiger partial charge in [-0.1, -0.05) is 0 Å². The zero-order valence-corrected chi connectivity index (χ0v) is 17.0. The molecular weight excluding hydrogens is 374 g/mol. The Kier molecular flexibility index (Phi) is 6.25. The zero-order valence-electron chi connectivity index (χ0n) is 17.0. The predicted octanol–water partition coefficient (Wildman–Crippen LogP) is 1.77. The van der Waals surface area contributed by atoms with Gasteiger partial charge in [0, 0.05) is 18.1 Å². The topological polar surface area (TPSA) is 109 Å². The van der Waals surface area contributed by atoms with E-state index >= 15 is 0 Å². The first kappa shape index (κ1) is 20.9. The van der Waals surface area contributed by atoms with Crippen molar-refractivity contribution in [3.8, 4) is 5.75 Å². The molecule has 1 N–H and O–H groups in total. The van der Waals surface area contributed by atoms with E-state index in [1.807, 2.05) is 19.9 Å². The van der Waals surface area contributed by atoms with Crippen molar-refractivity contribution in [2.24, 2.45) is 11.8 Å². The number of hydrogen-bond acceptors (Lipinski definition) is 6. The first-order valence-corrected chi connectivity index (χ1v) is 9.91. The molecule has 0 saturated heterocycles. The molecule has 0 atom stereocenters. The van der Waals surface area contributed by atoms with Crippen molar-refractivity contribution in [3.05, 3.63) is 39.2 Å². The molecule has 0 radical (unpaired) electrons. The number of amides is 1. The van der Waals surface area contributed by atoms with Crippen LogP contribution in [0.25, 0.3) is 11.0 Å². The van der Waals surface area contributed by atoms with Crippen LogP contribution in [0.2, 0.25) is 0 Å². The monoisotopic (exact) mass is 400 g/mol. The number of carbonyl (C=O) groups is 2. The SMILES string of the molecule is Cc1cc(OCC(=O)NCC2CCC(C(=O)[O-])CC2)c2c(C)c(C)c(=O)oc2c1. The number of carboxylic acid groups (broad SMARTS) is 1. The molecule has 1 fully saturated rings. The second-order valence-corrected chi connectivity index (χ2v) is 7.91. The van der Waals surface area contributed by atoms with Crippen LogP contribution in [0.3, 0.4) is 0 Å². The average molecular weight is 400 g/mol. The third kappa shape index (κ3) is 4.78. The minimum absolute atomic E-state index is 0.148. The lowest BCUT2D eigenvalue weighted by atomic mass is 9.82. The molecule has 29 heavy (non-hydrogen) atoms. The largest absolute Gasteiger partial charge is 0.550 e. The van der Waals surface area contributed by atoms with Crippen molar-refractivity contribution in [1.29, 1.82) is 0 Å². The van der Waals surface area contributed by atoms with E-state index < -0.39 is 5.97 Å². The second-order valence-electron chi connectivity index (χ2n) is 7.91. The number of benzene rings is 1. The molecule has 1 aliphatic carbocycles. The highest BCUT2D eigenvalue weighted by Crippen LogP contribution is 2.31. The van der Waals surface area contributed by atoms with Gasteiger partial charge < -0.3 is 24.4 Å². The molecule has 1 amide bonds. The van der Waals surface area contributed by atoms with E-state index in [0.717, 1.165) is 24.0 Å². The van der Waals surface area contributed by atoms with Gasteiger partial charge in [-0.2, -0.15) is 0 Å². The zero-order chi connectivity index (χ0) is 21.1. The maximum Gasteiger partial charge on any atom is 0.339 e. The molecule has 7 nitrogen and oxygen atoms in total. The van der Waals surface area contributed by atoms with E-state index in [4.69, 9.17) is 9.15 Å². The minimum atomic E-state index is -0.979. The Hall–Kier alpha value is -2.83. The van der Waals surface area contributed by atoms with Gasteiger partial charge in [-0.3, -0.25) is 4.79 Å². The van der Waals surface area contributed by atoms with Gasteiger partial charge in [-0.05, 0) is 81.5 Å². The number of ether oxygens (including phenoxy) is 1. The summed E-state index contributed by atoms with van der Waals surface area (Å²) in [4.78, 5) is 35.1. The van der Waals surface area contributed by atoms with Crippen LogP contribution in [-0.2, 0) is 9.59 Å². The third-order valence-corrected chi connectivity index (χ3v) is 5.78. The number of carbonyl (C=O) groups excluding carboxylic acids is 2. The molecule has 0 spiro atoms. The number of carboxylic acids is 1. The van der Waals surface area contributed by atoms with E-state index in [1.165, 1.54) is 0 Å². The quantitative estimate of drug-likeness (QED) is 0.740. The number of aliphatic carboxylic acids is 1. The van der Waals surface area contributed by atoms with Crippen LogP contribution in [-0.4, -0.2) is 25.0 Å². The molecule has 1 aromatic heterocycles. The molecule has 1 aromatic carbocycles. The number of hydrogen-bond donors (Lipinski definition) is 1. The maximum absolute atomic E-state index is 12.2. The summed E-state index contributed by atoms with van der Waals surface area (Å²) in [6, 6.07) is 3.60. The van der Waals surface area contributed by atoms with Crippen molar-refractivity contribution in [3.63, 3.8) is 0 Å². The Morgan fingerprint density at radius 2 is 1.83 bits per heavy atom. The fourth-order valence-corrected chi connectivity index (χ4v) is 3.86. The molecule has 1 heterocycles. The highest BCUT2D eigenvalue weighted by atomic mass is 16.5. The number of rotatable bonds is 6. The third-order valence-electron chi connectivity index (χ3n) is 5.78. The van der Waals surface area contributed by atoms with E-state index in [2.05, 4.69) is 5.32 Å². The summed E-state index contributed by atoms with van der Waals surface area (Å²) < 4.78 is 11.1. The Bertz CT molecular complexity index is 985. The van der Waals surface area contributed by atoms with Gasteiger partial charge in [0.05, 0.1) is 5.39 Å². The summed E-state index contributed by atoms with van der Waals surface area (Å²) in [5, 5.41) is 14.5. The molecule has 1 saturated carbocycles. The first-order valence-electron chi connectivity index (χ1n) is 9.91. The summed E-state index contributed by atoms with van der Waals surface area (Å²) in [6.07, 6.45) is 2.72. The molecule has 156 valence electrons. The normalized spacial score (nSPS) is 19.1. The fraction of sp³-hybridized carbons (Fsp3) is 0.500. The lowest BCUT2D eigenvalue weighted by Crippen LogP contribution is -2.37. The van der Waals surface area contributed by atoms with E-state index in [-0.39, 0.29) is 30.0 Å². The lowest BCUT2D eigenvalue weighted by molar-refractivity contribution is -0.312. The number of fused-ring (bicyclic) bond motifs is 1. The van der Waals surface area contributed by atoms with Gasteiger partial charge in [0.25, 0.3) is 5.91 Å². The summed E-state index contributed by atoms with van der Waals surface area (Å²) in [7, 11) is 0. The van der Waals surface area contributed by atoms with Gasteiger partial charge in [0.1, 0.15) is 11.3 Å². The summed E-state index contributed by atoms with van der Waals surface area (Å²) in [6.45, 7) is 5.75. The summed E-state index contributed by atoms with van der Waals surface area (Å²) in [5.74, 6) is -0.810. The molecule has 0 bridgehead atoms. The summed E-state index contributed by atoms with van der Waals surface area (Å²) >= 11 is 0. The fourth-order valence-electron chi connectivity index (χ4n) is 3.86. The highest BCUT2D eigenvalue weighted by molar-refractivity contribution is 5.88. The minimum Gasteiger partial charge on any atom is -0.550 e. The van der Waals surface area contributed by atoms with Crippen molar-refractivity contribution < 1.29 is 23.8 Å². The molecule has 1 aliphatic rings. The molecule has 0 unspecified atom stereocenters. The van der Waals surface area contributed by atoms with Crippen LogP contribution < -0.4 is 20.8 Å². The van der Waals surface area contributed by atoms with Gasteiger partial charge in [-0.25, -0.2) is 4.79 Å². The van der Waals surface area contributed by atoms with E-state index in [9.17, 15) is 19.5 Å². The van der Waals surface area contributed by atoms with Crippen LogP contribution in [0, 0.1) is 32.6 Å². The second kappa shape index (κ2) is 8.68. The van der Waals surface area contributed by atoms with Gasteiger partial charge >= 0.3 is 5.63 Å². The average Bonchev–Trinajstić information content (AvgIpc) is 2.68. The number of nitrogens with one attached hydrogen (secondary N) is 1. The standard InChI is InChI=1S/C22H27NO6/c1-12-8-17(20-13(2)14(3)22(27)29-18(20)9-12)28-11-19(24)23-10-15-4-6-16(7-5-15)21(25)26/h8-9,15-16H,4-7,10-11H2,1-3H3,(H,23,24)(H,25,26)/p-1. The molecular formula is C22H26NO6-. The Balaban J connectivity index is 1.61. The van der Waals surface area contributed by atoms with Crippen LogP contribution in [0.1, 0.15) is 42.4 Å². The Morgan fingerprint density at radius 3 is 2.48 bits per heavy atom.